The van der Waals surface area contributed by atoms with Crippen LogP contribution < -0.4 is 0 Å². The maximum absolute atomic E-state index is 12.6. The summed E-state index contributed by atoms with van der Waals surface area (Å²) >= 11 is 0. The summed E-state index contributed by atoms with van der Waals surface area (Å²) in [6.07, 6.45) is 9.84. The molecular weight excluding hydrogens is 310 g/mol. The van der Waals surface area contributed by atoms with E-state index in [9.17, 15) is 9.90 Å². The van der Waals surface area contributed by atoms with Crippen molar-refractivity contribution in [3.05, 3.63) is 41.0 Å². The van der Waals surface area contributed by atoms with Gasteiger partial charge in [-0.1, -0.05) is 24.3 Å². The van der Waals surface area contributed by atoms with Gasteiger partial charge < -0.3 is 5.11 Å². The smallest absolute Gasteiger partial charge is 0.199 e. The van der Waals surface area contributed by atoms with Crippen LogP contribution in [0.4, 0.5) is 0 Å². The Bertz CT molecular complexity index is 769. The van der Waals surface area contributed by atoms with Crippen molar-refractivity contribution >= 4 is 17.8 Å². The Labute approximate surface area is 148 Å². The number of benzene rings is 1. The fraction of sp³-hybridized carbons (Fsp3) is 0.545. The molecule has 0 amide bonds. The number of rotatable bonds is 3. The van der Waals surface area contributed by atoms with Crippen LogP contribution in [0.2, 0.25) is 0 Å². The van der Waals surface area contributed by atoms with E-state index >= 15 is 0 Å². The Morgan fingerprint density at radius 2 is 1.64 bits per heavy atom. The van der Waals surface area contributed by atoms with Gasteiger partial charge in [0.25, 0.3) is 0 Å². The van der Waals surface area contributed by atoms with Gasteiger partial charge in [-0.3, -0.25) is 9.79 Å². The Balaban J connectivity index is 1.41. The topological polar surface area (TPSA) is 49.7 Å². The SMILES string of the molecule is C[C@H](N=CC1=C(O)c2ccccc2C1=O)C12CC3CC(CC(C3)C1)C2. The largest absolute Gasteiger partial charge is 0.506 e. The lowest BCUT2D eigenvalue weighted by molar-refractivity contribution is -0.0632. The lowest BCUT2D eigenvalue weighted by Gasteiger charge is -2.58. The Hall–Kier alpha value is -1.90. The first-order valence-corrected chi connectivity index (χ1v) is 9.66. The van der Waals surface area contributed by atoms with Gasteiger partial charge >= 0.3 is 0 Å². The zero-order valence-corrected chi connectivity index (χ0v) is 14.7. The van der Waals surface area contributed by atoms with E-state index in [2.05, 4.69) is 6.92 Å². The van der Waals surface area contributed by atoms with Crippen LogP contribution in [0.1, 0.15) is 61.4 Å². The normalized spacial score (nSPS) is 37.2. The number of Topliss-reactive ketones (excluding diaryl/α,β-unsaturated/α-hetero) is 1. The number of aliphatic hydroxyl groups excluding tert-OH is 1. The van der Waals surface area contributed by atoms with E-state index < -0.39 is 0 Å². The molecule has 0 aromatic heterocycles. The van der Waals surface area contributed by atoms with Gasteiger partial charge in [-0.2, -0.15) is 0 Å². The Kier molecular flexibility index (Phi) is 3.25. The van der Waals surface area contributed by atoms with Crippen LogP contribution in [0.3, 0.4) is 0 Å². The number of ketones is 1. The van der Waals surface area contributed by atoms with Gasteiger partial charge in [0, 0.05) is 17.3 Å². The molecular formula is C22H25NO2. The quantitative estimate of drug-likeness (QED) is 0.805. The highest BCUT2D eigenvalue weighted by molar-refractivity contribution is 6.30. The Morgan fingerprint density at radius 3 is 2.20 bits per heavy atom. The second-order valence-corrected chi connectivity index (χ2v) is 8.87. The lowest BCUT2D eigenvalue weighted by Crippen LogP contribution is -2.50. The van der Waals surface area contributed by atoms with Crippen LogP contribution in [0.5, 0.6) is 0 Å². The minimum atomic E-state index is -0.102. The fourth-order valence-corrected chi connectivity index (χ4v) is 6.44. The van der Waals surface area contributed by atoms with Crippen LogP contribution in [0, 0.1) is 23.2 Å². The minimum absolute atomic E-state index is 0.0852. The molecule has 3 heteroatoms. The molecule has 0 radical (unpaired) electrons. The molecule has 0 aliphatic heterocycles. The molecule has 0 heterocycles. The standard InChI is InChI=1S/C22H25NO2/c1-13(22-9-14-6-15(10-22)8-16(7-14)11-22)23-12-19-20(24)17-4-2-3-5-18(17)21(19)25/h2-5,12-16,24H,6-11H2,1H3/t13-,14?,15?,16?,22?/m0/s1. The van der Waals surface area contributed by atoms with Crippen LogP contribution >= 0.6 is 0 Å². The van der Waals surface area contributed by atoms with E-state index in [1.807, 2.05) is 12.1 Å². The molecule has 6 rings (SSSR count). The zero-order chi connectivity index (χ0) is 17.2. The van der Waals surface area contributed by atoms with E-state index in [0.717, 1.165) is 17.8 Å². The average Bonchev–Trinajstić information content (AvgIpc) is 2.83. The highest BCUT2D eigenvalue weighted by Crippen LogP contribution is 2.61. The average molecular weight is 335 g/mol. The maximum Gasteiger partial charge on any atom is 0.199 e. The van der Waals surface area contributed by atoms with Crippen molar-refractivity contribution in [3.63, 3.8) is 0 Å². The molecule has 4 saturated carbocycles. The summed E-state index contributed by atoms with van der Waals surface area (Å²) in [6.45, 7) is 2.22. The third-order valence-corrected chi connectivity index (χ3v) is 7.33. The van der Waals surface area contributed by atoms with E-state index in [0.29, 0.717) is 22.1 Å². The van der Waals surface area contributed by atoms with Crippen molar-refractivity contribution in [2.24, 2.45) is 28.2 Å². The van der Waals surface area contributed by atoms with Gasteiger partial charge in [-0.05, 0) is 68.6 Å². The number of carbonyl (C=O) groups excluding carboxylic acids is 1. The van der Waals surface area contributed by atoms with Gasteiger partial charge in [0.1, 0.15) is 5.76 Å². The first kappa shape index (κ1) is 15.4. The van der Waals surface area contributed by atoms with Crippen molar-refractivity contribution < 1.29 is 9.90 Å². The molecule has 3 nitrogen and oxygen atoms in total. The zero-order valence-electron chi connectivity index (χ0n) is 14.7. The molecule has 5 aliphatic carbocycles. The molecule has 1 atom stereocenters. The van der Waals surface area contributed by atoms with Gasteiger partial charge in [0.05, 0.1) is 11.6 Å². The molecule has 1 aromatic carbocycles. The molecule has 25 heavy (non-hydrogen) atoms. The summed E-state index contributed by atoms with van der Waals surface area (Å²) in [7, 11) is 0. The third kappa shape index (κ3) is 2.24. The van der Waals surface area contributed by atoms with Crippen LogP contribution in [0.25, 0.3) is 5.76 Å². The third-order valence-electron chi connectivity index (χ3n) is 7.33. The number of hydrogen-bond donors (Lipinski definition) is 1. The van der Waals surface area contributed by atoms with Crippen molar-refractivity contribution in [3.8, 4) is 0 Å². The molecule has 1 N–H and O–H groups in total. The Morgan fingerprint density at radius 1 is 1.08 bits per heavy atom. The summed E-state index contributed by atoms with van der Waals surface area (Å²) in [5.41, 5.74) is 1.91. The summed E-state index contributed by atoms with van der Waals surface area (Å²) in [5, 5.41) is 10.4. The number of aliphatic hydroxyl groups is 1. The molecule has 4 fully saturated rings. The number of allylic oxidation sites excluding steroid dienone is 1. The summed E-state index contributed by atoms with van der Waals surface area (Å²) in [6, 6.07) is 7.48. The van der Waals surface area contributed by atoms with Crippen LogP contribution in [-0.2, 0) is 0 Å². The second kappa shape index (κ2) is 5.30. The molecule has 1 aromatic rings. The van der Waals surface area contributed by atoms with E-state index in [4.69, 9.17) is 4.99 Å². The highest BCUT2D eigenvalue weighted by Gasteiger charge is 2.53. The van der Waals surface area contributed by atoms with Gasteiger partial charge in [-0.25, -0.2) is 0 Å². The number of hydrogen-bond acceptors (Lipinski definition) is 3. The predicted octanol–water partition coefficient (Wildman–Crippen LogP) is 4.83. The molecule has 4 bridgehead atoms. The number of fused-ring (bicyclic) bond motifs is 1. The number of carbonyl (C=O) groups is 1. The lowest BCUT2D eigenvalue weighted by atomic mass is 9.48. The summed E-state index contributed by atoms with van der Waals surface area (Å²) < 4.78 is 0. The van der Waals surface area contributed by atoms with Gasteiger partial charge in [0.15, 0.2) is 5.78 Å². The molecule has 5 aliphatic rings. The van der Waals surface area contributed by atoms with Crippen LogP contribution in [0.15, 0.2) is 34.8 Å². The van der Waals surface area contributed by atoms with E-state index in [1.54, 1.807) is 18.3 Å². The molecule has 130 valence electrons. The molecule has 0 unspecified atom stereocenters. The predicted molar refractivity (Wildman–Crippen MR) is 98.9 cm³/mol. The fourth-order valence-electron chi connectivity index (χ4n) is 6.44. The monoisotopic (exact) mass is 335 g/mol. The van der Waals surface area contributed by atoms with Crippen molar-refractivity contribution in [2.45, 2.75) is 51.5 Å². The molecule has 0 spiro atoms. The highest BCUT2D eigenvalue weighted by atomic mass is 16.3. The summed E-state index contributed by atoms with van der Waals surface area (Å²) in [4.78, 5) is 17.4. The van der Waals surface area contributed by atoms with Crippen LogP contribution in [-0.4, -0.2) is 23.1 Å². The maximum atomic E-state index is 12.6. The van der Waals surface area contributed by atoms with Gasteiger partial charge in [0.2, 0.25) is 0 Å². The molecule has 0 saturated heterocycles. The van der Waals surface area contributed by atoms with Crippen molar-refractivity contribution in [2.75, 3.05) is 0 Å². The first-order chi connectivity index (χ1) is 12.1. The summed E-state index contributed by atoms with van der Waals surface area (Å²) in [5.74, 6) is 2.67. The second-order valence-electron chi connectivity index (χ2n) is 8.87. The van der Waals surface area contributed by atoms with E-state index in [-0.39, 0.29) is 17.6 Å². The van der Waals surface area contributed by atoms with Crippen molar-refractivity contribution in [1.29, 1.82) is 0 Å². The number of nitrogens with zero attached hydrogens (tertiary/aromatic N) is 1. The van der Waals surface area contributed by atoms with E-state index in [1.165, 1.54) is 38.5 Å². The first-order valence-electron chi connectivity index (χ1n) is 9.66. The van der Waals surface area contributed by atoms with Crippen molar-refractivity contribution in [1.82, 2.24) is 0 Å². The minimum Gasteiger partial charge on any atom is -0.506 e. The number of aliphatic imine (C=N–C) groups is 1. The van der Waals surface area contributed by atoms with Gasteiger partial charge in [-0.15, -0.1) is 0 Å².